The Bertz CT molecular complexity index is 631. The molecule has 3 nitrogen and oxygen atoms in total. The van der Waals surface area contributed by atoms with Crippen molar-refractivity contribution in [1.29, 1.82) is 0 Å². The molecular formula is C13H10N2OS. The van der Waals surface area contributed by atoms with Crippen molar-refractivity contribution in [2.45, 2.75) is 6.10 Å². The summed E-state index contributed by atoms with van der Waals surface area (Å²) in [6.07, 6.45) is 4.50. The molecule has 0 fully saturated rings. The van der Waals surface area contributed by atoms with Crippen LogP contribution in [0.5, 0.6) is 0 Å². The van der Waals surface area contributed by atoms with Crippen molar-refractivity contribution in [2.24, 2.45) is 0 Å². The van der Waals surface area contributed by atoms with Gasteiger partial charge in [-0.05, 0) is 5.39 Å². The van der Waals surface area contributed by atoms with Crippen molar-refractivity contribution in [3.63, 3.8) is 0 Å². The van der Waals surface area contributed by atoms with Crippen LogP contribution in [0.4, 0.5) is 0 Å². The summed E-state index contributed by atoms with van der Waals surface area (Å²) < 4.78 is 0. The van der Waals surface area contributed by atoms with Crippen LogP contribution in [-0.2, 0) is 0 Å². The third-order valence-electron chi connectivity index (χ3n) is 2.68. The van der Waals surface area contributed by atoms with E-state index in [4.69, 9.17) is 0 Å². The van der Waals surface area contributed by atoms with Gasteiger partial charge in [0.2, 0.25) is 0 Å². The summed E-state index contributed by atoms with van der Waals surface area (Å²) in [6.45, 7) is 0. The van der Waals surface area contributed by atoms with Crippen LogP contribution in [0, 0.1) is 0 Å². The molecule has 4 heteroatoms. The molecule has 1 N–H and O–H groups in total. The average molecular weight is 242 g/mol. The van der Waals surface area contributed by atoms with E-state index in [1.165, 1.54) is 11.3 Å². The molecule has 3 rings (SSSR count). The molecular weight excluding hydrogens is 232 g/mol. The molecule has 84 valence electrons. The van der Waals surface area contributed by atoms with Gasteiger partial charge in [-0.2, -0.15) is 0 Å². The zero-order valence-corrected chi connectivity index (χ0v) is 9.76. The maximum Gasteiger partial charge on any atom is 0.133 e. The second-order valence-corrected chi connectivity index (χ2v) is 4.65. The average Bonchev–Trinajstić information content (AvgIpc) is 2.91. The van der Waals surface area contributed by atoms with Gasteiger partial charge in [-0.25, -0.2) is 4.98 Å². The first kappa shape index (κ1) is 10.4. The van der Waals surface area contributed by atoms with Crippen LogP contribution in [0.2, 0.25) is 0 Å². The van der Waals surface area contributed by atoms with E-state index >= 15 is 0 Å². The van der Waals surface area contributed by atoms with E-state index in [9.17, 15) is 5.11 Å². The van der Waals surface area contributed by atoms with Crippen LogP contribution >= 0.6 is 11.3 Å². The van der Waals surface area contributed by atoms with Gasteiger partial charge in [-0.3, -0.25) is 4.98 Å². The van der Waals surface area contributed by atoms with Gasteiger partial charge < -0.3 is 5.11 Å². The van der Waals surface area contributed by atoms with Crippen LogP contribution in [0.15, 0.2) is 48.2 Å². The molecule has 0 spiro atoms. The number of benzene rings is 1. The molecule has 1 unspecified atom stereocenters. The summed E-state index contributed by atoms with van der Waals surface area (Å²) in [5.41, 5.74) is 0.804. The number of aromatic nitrogens is 2. The highest BCUT2D eigenvalue weighted by molar-refractivity contribution is 7.09. The maximum absolute atomic E-state index is 10.3. The SMILES string of the molecule is OC(c1nccs1)c1cncc2ccccc12. The predicted molar refractivity (Wildman–Crippen MR) is 67.9 cm³/mol. The molecule has 17 heavy (non-hydrogen) atoms. The van der Waals surface area contributed by atoms with Crippen LogP contribution in [-0.4, -0.2) is 15.1 Å². The van der Waals surface area contributed by atoms with E-state index in [0.29, 0.717) is 5.01 Å². The van der Waals surface area contributed by atoms with Crippen molar-refractivity contribution >= 4 is 22.1 Å². The molecule has 0 aliphatic rings. The topological polar surface area (TPSA) is 46.0 Å². The fraction of sp³-hybridized carbons (Fsp3) is 0.0769. The number of rotatable bonds is 2. The van der Waals surface area contributed by atoms with Crippen LogP contribution in [0.25, 0.3) is 10.8 Å². The Labute approximate surface area is 102 Å². The second kappa shape index (κ2) is 4.24. The summed E-state index contributed by atoms with van der Waals surface area (Å²) in [6, 6.07) is 7.90. The minimum Gasteiger partial charge on any atom is -0.381 e. The number of thiazole rings is 1. The third kappa shape index (κ3) is 1.81. The van der Waals surface area contributed by atoms with Gasteiger partial charge in [0, 0.05) is 34.9 Å². The zero-order valence-electron chi connectivity index (χ0n) is 8.95. The van der Waals surface area contributed by atoms with Gasteiger partial charge in [0.1, 0.15) is 11.1 Å². The Morgan fingerprint density at radius 2 is 2.06 bits per heavy atom. The van der Waals surface area contributed by atoms with E-state index in [1.807, 2.05) is 29.6 Å². The molecule has 0 aliphatic heterocycles. The van der Waals surface area contributed by atoms with Crippen LogP contribution < -0.4 is 0 Å². The van der Waals surface area contributed by atoms with Crippen LogP contribution in [0.3, 0.4) is 0 Å². The lowest BCUT2D eigenvalue weighted by Gasteiger charge is -2.10. The summed E-state index contributed by atoms with van der Waals surface area (Å²) in [5, 5.41) is 14.9. The molecule has 0 aliphatic carbocycles. The van der Waals surface area contributed by atoms with Gasteiger partial charge in [-0.1, -0.05) is 24.3 Å². The first-order valence-electron chi connectivity index (χ1n) is 5.26. The predicted octanol–water partition coefficient (Wildman–Crippen LogP) is 2.77. The summed E-state index contributed by atoms with van der Waals surface area (Å²) in [5.74, 6) is 0. The fourth-order valence-corrected chi connectivity index (χ4v) is 2.50. The lowest BCUT2D eigenvalue weighted by Crippen LogP contribution is -2.00. The summed E-state index contributed by atoms with van der Waals surface area (Å²) in [4.78, 5) is 8.30. The number of aliphatic hydroxyl groups is 1. The number of fused-ring (bicyclic) bond motifs is 1. The van der Waals surface area contributed by atoms with Crippen molar-refractivity contribution in [1.82, 2.24) is 9.97 Å². The Balaban J connectivity index is 2.17. The molecule has 3 aromatic rings. The molecule has 0 saturated carbocycles. The van der Waals surface area contributed by atoms with Gasteiger partial charge >= 0.3 is 0 Å². The Kier molecular flexibility index (Phi) is 2.59. The Morgan fingerprint density at radius 1 is 1.18 bits per heavy atom. The minimum atomic E-state index is -0.700. The van der Waals surface area contributed by atoms with Crippen molar-refractivity contribution in [3.8, 4) is 0 Å². The Hall–Kier alpha value is -1.78. The summed E-state index contributed by atoms with van der Waals surface area (Å²) in [7, 11) is 0. The molecule has 2 aromatic heterocycles. The van der Waals surface area contributed by atoms with E-state index in [0.717, 1.165) is 16.3 Å². The van der Waals surface area contributed by atoms with E-state index in [2.05, 4.69) is 9.97 Å². The smallest absolute Gasteiger partial charge is 0.133 e. The highest BCUT2D eigenvalue weighted by Crippen LogP contribution is 2.28. The van der Waals surface area contributed by atoms with E-state index in [1.54, 1.807) is 18.6 Å². The number of aliphatic hydroxyl groups excluding tert-OH is 1. The maximum atomic E-state index is 10.3. The number of hydrogen-bond donors (Lipinski definition) is 1. The van der Waals surface area contributed by atoms with Gasteiger partial charge in [0.15, 0.2) is 0 Å². The first-order chi connectivity index (χ1) is 8.36. The van der Waals surface area contributed by atoms with Crippen LogP contribution in [0.1, 0.15) is 16.7 Å². The van der Waals surface area contributed by atoms with E-state index in [-0.39, 0.29) is 0 Å². The molecule has 0 bridgehead atoms. The molecule has 1 atom stereocenters. The van der Waals surface area contributed by atoms with Crippen molar-refractivity contribution in [3.05, 3.63) is 58.8 Å². The van der Waals surface area contributed by atoms with E-state index < -0.39 is 6.10 Å². The number of nitrogens with zero attached hydrogens (tertiary/aromatic N) is 2. The highest BCUT2D eigenvalue weighted by atomic mass is 32.1. The third-order valence-corrected chi connectivity index (χ3v) is 3.51. The highest BCUT2D eigenvalue weighted by Gasteiger charge is 2.15. The van der Waals surface area contributed by atoms with Gasteiger partial charge in [0.25, 0.3) is 0 Å². The largest absolute Gasteiger partial charge is 0.381 e. The number of hydrogen-bond acceptors (Lipinski definition) is 4. The number of pyridine rings is 1. The van der Waals surface area contributed by atoms with Gasteiger partial charge in [0.05, 0.1) is 0 Å². The zero-order chi connectivity index (χ0) is 11.7. The van der Waals surface area contributed by atoms with Crippen molar-refractivity contribution in [2.75, 3.05) is 0 Å². The normalized spacial score (nSPS) is 12.8. The summed E-state index contributed by atoms with van der Waals surface area (Å²) >= 11 is 1.45. The quantitative estimate of drug-likeness (QED) is 0.751. The lowest BCUT2D eigenvalue weighted by atomic mass is 10.0. The molecule has 1 aromatic carbocycles. The Morgan fingerprint density at radius 3 is 2.88 bits per heavy atom. The minimum absolute atomic E-state index is 0.697. The molecule has 0 amide bonds. The monoisotopic (exact) mass is 242 g/mol. The van der Waals surface area contributed by atoms with Crippen molar-refractivity contribution < 1.29 is 5.11 Å². The first-order valence-corrected chi connectivity index (χ1v) is 6.14. The molecule has 0 radical (unpaired) electrons. The van der Waals surface area contributed by atoms with Gasteiger partial charge in [-0.15, -0.1) is 11.3 Å². The standard InChI is InChI=1S/C13H10N2OS/c16-12(13-15-5-6-17-13)11-8-14-7-9-3-1-2-4-10(9)11/h1-8,12,16H. The second-order valence-electron chi connectivity index (χ2n) is 3.72. The lowest BCUT2D eigenvalue weighted by molar-refractivity contribution is 0.221. The molecule has 2 heterocycles. The molecule has 0 saturated heterocycles. The fourth-order valence-electron chi connectivity index (χ4n) is 1.86.